The summed E-state index contributed by atoms with van der Waals surface area (Å²) in [5.41, 5.74) is -0.340. The molecule has 0 aliphatic carbocycles. The van der Waals surface area contributed by atoms with Crippen LogP contribution in [0, 0.1) is 15.9 Å². The van der Waals surface area contributed by atoms with Gasteiger partial charge in [-0.2, -0.15) is 0 Å². The topological polar surface area (TPSA) is 98.3 Å². The molecular formula is C10H5BrFN3O4. The Morgan fingerprint density at radius 3 is 2.68 bits per heavy atom. The van der Waals surface area contributed by atoms with Crippen LogP contribution in [0.3, 0.4) is 0 Å². The Hall–Kier alpha value is -2.29. The number of rotatable bonds is 3. The highest BCUT2D eigenvalue weighted by atomic mass is 79.9. The Morgan fingerprint density at radius 1 is 1.47 bits per heavy atom. The summed E-state index contributed by atoms with van der Waals surface area (Å²) in [5, 5.41) is 22.9. The molecule has 9 heteroatoms. The van der Waals surface area contributed by atoms with E-state index in [1.807, 2.05) is 0 Å². The van der Waals surface area contributed by atoms with Crippen molar-refractivity contribution in [3.63, 3.8) is 0 Å². The maximum absolute atomic E-state index is 14.0. The summed E-state index contributed by atoms with van der Waals surface area (Å²) in [4.78, 5) is 20.6. The van der Waals surface area contributed by atoms with Gasteiger partial charge in [-0.3, -0.25) is 0 Å². The van der Waals surface area contributed by atoms with Gasteiger partial charge < -0.3 is 15.2 Å². The minimum absolute atomic E-state index is 0.0926. The van der Waals surface area contributed by atoms with Crippen molar-refractivity contribution in [2.45, 2.75) is 0 Å². The Kier molecular flexibility index (Phi) is 3.30. The van der Waals surface area contributed by atoms with Gasteiger partial charge >= 0.3 is 11.8 Å². The highest BCUT2D eigenvalue weighted by molar-refractivity contribution is 9.10. The van der Waals surface area contributed by atoms with Crippen LogP contribution in [-0.4, -0.2) is 25.8 Å². The predicted molar refractivity (Wildman–Crippen MR) is 64.8 cm³/mol. The van der Waals surface area contributed by atoms with Gasteiger partial charge in [0.15, 0.2) is 5.82 Å². The van der Waals surface area contributed by atoms with E-state index in [0.29, 0.717) is 0 Å². The van der Waals surface area contributed by atoms with Gasteiger partial charge in [-0.1, -0.05) is 0 Å². The number of carbonyl (C=O) groups is 1. The first-order valence-corrected chi connectivity index (χ1v) is 5.63. The number of nitrogens with zero attached hydrogens (tertiary/aromatic N) is 3. The molecular weight excluding hydrogens is 325 g/mol. The number of nitro groups is 1. The number of hydrogen-bond acceptors (Lipinski definition) is 4. The van der Waals surface area contributed by atoms with E-state index in [-0.39, 0.29) is 15.7 Å². The number of aromatic carboxylic acids is 1. The molecule has 0 spiro atoms. The van der Waals surface area contributed by atoms with Crippen LogP contribution >= 0.6 is 15.9 Å². The summed E-state index contributed by atoms with van der Waals surface area (Å²) in [6.07, 6.45) is 1.21. The van der Waals surface area contributed by atoms with Crippen LogP contribution in [0.2, 0.25) is 0 Å². The maximum Gasteiger partial charge on any atom is 0.390 e. The molecule has 98 valence electrons. The van der Waals surface area contributed by atoms with Crippen molar-refractivity contribution in [2.24, 2.45) is 0 Å². The molecule has 0 bridgehead atoms. The van der Waals surface area contributed by atoms with Gasteiger partial charge in [-0.05, 0) is 33.0 Å². The van der Waals surface area contributed by atoms with E-state index in [1.165, 1.54) is 18.3 Å². The second kappa shape index (κ2) is 4.76. The van der Waals surface area contributed by atoms with Crippen LogP contribution in [0.15, 0.2) is 28.9 Å². The third-order valence-corrected chi connectivity index (χ3v) is 3.08. The van der Waals surface area contributed by atoms with Crippen molar-refractivity contribution in [1.29, 1.82) is 0 Å². The normalized spacial score (nSPS) is 10.4. The number of carboxylic acids is 1. The molecule has 1 N–H and O–H groups in total. The summed E-state index contributed by atoms with van der Waals surface area (Å²) in [6.45, 7) is 0. The van der Waals surface area contributed by atoms with Crippen molar-refractivity contribution in [3.05, 3.63) is 50.4 Å². The number of carboxylic acid groups (broad SMARTS) is 1. The van der Waals surface area contributed by atoms with Gasteiger partial charge in [0, 0.05) is 0 Å². The largest absolute Gasteiger partial charge is 0.478 e. The first kappa shape index (κ1) is 13.1. The molecule has 7 nitrogen and oxygen atoms in total. The minimum Gasteiger partial charge on any atom is -0.478 e. The molecule has 1 aromatic heterocycles. The van der Waals surface area contributed by atoms with Crippen LogP contribution in [-0.2, 0) is 0 Å². The van der Waals surface area contributed by atoms with Gasteiger partial charge in [0.1, 0.15) is 5.69 Å². The molecule has 19 heavy (non-hydrogen) atoms. The monoisotopic (exact) mass is 329 g/mol. The first-order valence-electron chi connectivity index (χ1n) is 4.83. The second-order valence-electron chi connectivity index (χ2n) is 3.44. The van der Waals surface area contributed by atoms with Gasteiger partial charge in [-0.25, -0.2) is 9.18 Å². The number of halogens is 2. The predicted octanol–water partition coefficient (Wildman–Crippen LogP) is 2.38. The van der Waals surface area contributed by atoms with Gasteiger partial charge in [-0.15, -0.1) is 4.68 Å². The zero-order valence-electron chi connectivity index (χ0n) is 9.08. The third kappa shape index (κ3) is 2.32. The molecule has 0 amide bonds. The Labute approximate surface area is 113 Å². The highest BCUT2D eigenvalue weighted by Crippen LogP contribution is 2.26. The van der Waals surface area contributed by atoms with Crippen molar-refractivity contribution in [3.8, 4) is 5.69 Å². The highest BCUT2D eigenvalue weighted by Gasteiger charge is 2.20. The molecule has 0 atom stereocenters. The molecule has 0 aliphatic rings. The van der Waals surface area contributed by atoms with E-state index < -0.39 is 22.5 Å². The van der Waals surface area contributed by atoms with Gasteiger partial charge in [0.25, 0.3) is 0 Å². The summed E-state index contributed by atoms with van der Waals surface area (Å²) in [6, 6.07) is 3.47. The molecule has 0 radical (unpaired) electrons. The molecule has 0 unspecified atom stereocenters. The molecule has 0 fully saturated rings. The van der Waals surface area contributed by atoms with Crippen LogP contribution in [0.5, 0.6) is 0 Å². The van der Waals surface area contributed by atoms with E-state index >= 15 is 0 Å². The third-order valence-electron chi connectivity index (χ3n) is 2.30. The van der Waals surface area contributed by atoms with E-state index in [1.54, 1.807) is 0 Å². The minimum atomic E-state index is -1.29. The lowest BCUT2D eigenvalue weighted by molar-refractivity contribution is -0.389. The smallest absolute Gasteiger partial charge is 0.390 e. The van der Waals surface area contributed by atoms with Crippen molar-refractivity contribution in [2.75, 3.05) is 0 Å². The number of aromatic nitrogens is 2. The standard InChI is InChI=1S/C10H5BrFN3O4/c11-8-5(10(16)17)1-2-6(9(8)12)14-4-3-7(13-14)15(18)19/h1-4H,(H,16,17). The number of hydrogen-bond donors (Lipinski definition) is 1. The van der Waals surface area contributed by atoms with E-state index in [9.17, 15) is 19.3 Å². The second-order valence-corrected chi connectivity index (χ2v) is 4.23. The lowest BCUT2D eigenvalue weighted by atomic mass is 10.2. The zero-order valence-corrected chi connectivity index (χ0v) is 10.7. The van der Waals surface area contributed by atoms with E-state index in [4.69, 9.17) is 5.11 Å². The van der Waals surface area contributed by atoms with E-state index in [2.05, 4.69) is 21.0 Å². The lowest BCUT2D eigenvalue weighted by Crippen LogP contribution is -2.05. The molecule has 0 aliphatic heterocycles. The van der Waals surface area contributed by atoms with Crippen LogP contribution in [0.4, 0.5) is 10.2 Å². The summed E-state index contributed by atoms with van der Waals surface area (Å²) >= 11 is 2.83. The van der Waals surface area contributed by atoms with E-state index in [0.717, 1.165) is 10.7 Å². The fourth-order valence-electron chi connectivity index (χ4n) is 1.43. The molecule has 1 heterocycles. The fourth-order valence-corrected chi connectivity index (χ4v) is 1.93. The Morgan fingerprint density at radius 2 is 2.16 bits per heavy atom. The molecule has 2 aromatic rings. The van der Waals surface area contributed by atoms with Gasteiger partial charge in [0.2, 0.25) is 0 Å². The molecule has 1 aromatic carbocycles. The van der Waals surface area contributed by atoms with Crippen molar-refractivity contribution < 1.29 is 19.2 Å². The summed E-state index contributed by atoms with van der Waals surface area (Å²) in [7, 11) is 0. The molecule has 2 rings (SSSR count). The Balaban J connectivity index is 2.54. The van der Waals surface area contributed by atoms with Crippen LogP contribution < -0.4 is 0 Å². The quantitative estimate of drug-likeness (QED) is 0.688. The SMILES string of the molecule is O=C(O)c1ccc(-n2ccc([N+](=O)[O-])n2)c(F)c1Br. The maximum atomic E-state index is 14.0. The average Bonchev–Trinajstić information content (AvgIpc) is 2.81. The first-order chi connectivity index (χ1) is 8.91. The fraction of sp³-hybridized carbons (Fsp3) is 0. The van der Waals surface area contributed by atoms with Gasteiger partial charge in [0.05, 0.1) is 27.4 Å². The molecule has 0 saturated heterocycles. The van der Waals surface area contributed by atoms with Crippen molar-refractivity contribution in [1.82, 2.24) is 9.78 Å². The zero-order chi connectivity index (χ0) is 14.2. The Bertz CT molecular complexity index is 685. The van der Waals surface area contributed by atoms with Crippen molar-refractivity contribution >= 4 is 27.7 Å². The summed E-state index contributed by atoms with van der Waals surface area (Å²) in [5.74, 6) is -2.58. The average molecular weight is 330 g/mol. The molecule has 0 saturated carbocycles. The lowest BCUT2D eigenvalue weighted by Gasteiger charge is -2.04. The van der Waals surface area contributed by atoms with Crippen LogP contribution in [0.1, 0.15) is 10.4 Å². The number of benzene rings is 1. The summed E-state index contributed by atoms with van der Waals surface area (Å²) < 4.78 is 14.7. The van der Waals surface area contributed by atoms with Crippen LogP contribution in [0.25, 0.3) is 5.69 Å².